The molecule has 0 fully saturated rings. The van der Waals surface area contributed by atoms with Gasteiger partial charge in [0.2, 0.25) is 0 Å². The van der Waals surface area contributed by atoms with Crippen molar-refractivity contribution in [3.8, 4) is 10.6 Å². The van der Waals surface area contributed by atoms with Crippen molar-refractivity contribution in [2.75, 3.05) is 7.05 Å². The molecule has 0 bridgehead atoms. The zero-order chi connectivity index (χ0) is 14.0. The number of para-hydroxylation sites is 1. The first kappa shape index (κ1) is 13.6. The molecule has 1 unspecified atom stereocenters. The lowest BCUT2D eigenvalue weighted by atomic mass is 10.1. The summed E-state index contributed by atoms with van der Waals surface area (Å²) in [6.07, 6.45) is 0. The number of nitrogens with one attached hydrogen (secondary N) is 1. The van der Waals surface area contributed by atoms with Crippen molar-refractivity contribution in [2.24, 2.45) is 0 Å². The first-order valence-electron chi connectivity index (χ1n) is 5.79. The molecule has 0 aliphatic heterocycles. The van der Waals surface area contributed by atoms with Crippen molar-refractivity contribution in [1.29, 1.82) is 0 Å². The maximum Gasteiger partial charge on any atom is 0.282 e. The fourth-order valence-electron chi connectivity index (χ4n) is 1.72. The van der Waals surface area contributed by atoms with Crippen LogP contribution in [0.4, 0.5) is 5.69 Å². The number of aryl methyl sites for hydroxylation is 1. The Morgan fingerprint density at radius 3 is 2.79 bits per heavy atom. The van der Waals surface area contributed by atoms with E-state index in [0.717, 1.165) is 5.01 Å². The molecule has 0 aliphatic carbocycles. The minimum atomic E-state index is -0.368. The summed E-state index contributed by atoms with van der Waals surface area (Å²) < 4.78 is 0. The highest BCUT2D eigenvalue weighted by Crippen LogP contribution is 2.35. The first-order valence-corrected chi connectivity index (χ1v) is 6.61. The zero-order valence-electron chi connectivity index (χ0n) is 10.9. The average molecular weight is 278 g/mol. The number of nitrogens with zero attached hydrogens (tertiary/aromatic N) is 3. The van der Waals surface area contributed by atoms with Crippen LogP contribution in [-0.2, 0) is 0 Å². The van der Waals surface area contributed by atoms with Crippen LogP contribution in [0.25, 0.3) is 10.6 Å². The van der Waals surface area contributed by atoms with Crippen LogP contribution in [0.15, 0.2) is 18.2 Å². The van der Waals surface area contributed by atoms with Crippen molar-refractivity contribution in [2.45, 2.75) is 19.9 Å². The van der Waals surface area contributed by atoms with Crippen molar-refractivity contribution in [3.63, 3.8) is 0 Å². The topological polar surface area (TPSA) is 81.0 Å². The van der Waals surface area contributed by atoms with Crippen molar-refractivity contribution < 1.29 is 4.92 Å². The molecule has 0 radical (unpaired) electrons. The van der Waals surface area contributed by atoms with Crippen LogP contribution in [-0.4, -0.2) is 22.2 Å². The third kappa shape index (κ3) is 2.61. The molecule has 1 aromatic carbocycles. The largest absolute Gasteiger partial charge is 0.311 e. The van der Waals surface area contributed by atoms with Crippen LogP contribution in [0.3, 0.4) is 0 Å². The van der Waals surface area contributed by atoms with Gasteiger partial charge in [-0.05, 0) is 27.0 Å². The molecular weight excluding hydrogens is 264 g/mol. The number of aromatic nitrogens is 2. The van der Waals surface area contributed by atoms with Gasteiger partial charge in [0, 0.05) is 5.56 Å². The molecule has 1 N–H and O–H groups in total. The van der Waals surface area contributed by atoms with E-state index in [1.807, 2.05) is 14.0 Å². The number of nitro benzene ring substituents is 1. The van der Waals surface area contributed by atoms with Crippen molar-refractivity contribution in [3.05, 3.63) is 38.9 Å². The van der Waals surface area contributed by atoms with Gasteiger partial charge in [-0.25, -0.2) is 0 Å². The van der Waals surface area contributed by atoms with E-state index in [1.54, 1.807) is 25.1 Å². The lowest BCUT2D eigenvalue weighted by Gasteiger charge is -2.03. The highest BCUT2D eigenvalue weighted by molar-refractivity contribution is 7.14. The summed E-state index contributed by atoms with van der Waals surface area (Å²) >= 11 is 1.37. The minimum absolute atomic E-state index is 0.0788. The third-order valence-corrected chi connectivity index (χ3v) is 4.03. The number of benzene rings is 1. The van der Waals surface area contributed by atoms with Gasteiger partial charge < -0.3 is 5.32 Å². The fraction of sp³-hybridized carbons (Fsp3) is 0.333. The third-order valence-electron chi connectivity index (χ3n) is 2.89. The summed E-state index contributed by atoms with van der Waals surface area (Å²) in [5.41, 5.74) is 1.25. The second-order valence-corrected chi connectivity index (χ2v) is 5.19. The van der Waals surface area contributed by atoms with Gasteiger partial charge in [-0.3, -0.25) is 10.1 Å². The standard InChI is InChI=1S/C12H14N4O2S/c1-7-5-4-6-9(10(7)16(17)18)12-15-14-11(19-12)8(2)13-3/h4-6,8,13H,1-3H3. The van der Waals surface area contributed by atoms with Crippen LogP contribution in [0.1, 0.15) is 23.5 Å². The molecule has 1 atom stereocenters. The Labute approximate surface area is 114 Å². The molecule has 6 nitrogen and oxygen atoms in total. The summed E-state index contributed by atoms with van der Waals surface area (Å²) in [6, 6.07) is 5.30. The molecule has 2 aromatic rings. The normalized spacial score (nSPS) is 12.4. The molecule has 0 spiro atoms. The lowest BCUT2D eigenvalue weighted by Crippen LogP contribution is -2.11. The molecule has 0 saturated heterocycles. The molecule has 1 aromatic heterocycles. The quantitative estimate of drug-likeness (QED) is 0.687. The molecular formula is C12H14N4O2S. The van der Waals surface area contributed by atoms with Crippen LogP contribution >= 0.6 is 11.3 Å². The smallest absolute Gasteiger partial charge is 0.282 e. The van der Waals surface area contributed by atoms with Gasteiger partial charge in [0.05, 0.1) is 16.5 Å². The molecule has 0 amide bonds. The van der Waals surface area contributed by atoms with E-state index < -0.39 is 0 Å². The van der Waals surface area contributed by atoms with Crippen LogP contribution < -0.4 is 5.32 Å². The Bertz CT molecular complexity index is 612. The van der Waals surface area contributed by atoms with Gasteiger partial charge in [-0.2, -0.15) is 0 Å². The van der Waals surface area contributed by atoms with Crippen molar-refractivity contribution in [1.82, 2.24) is 15.5 Å². The van der Waals surface area contributed by atoms with Gasteiger partial charge in [-0.15, -0.1) is 10.2 Å². The van der Waals surface area contributed by atoms with Crippen molar-refractivity contribution >= 4 is 17.0 Å². The summed E-state index contributed by atoms with van der Waals surface area (Å²) in [4.78, 5) is 10.8. The van der Waals surface area contributed by atoms with E-state index in [2.05, 4.69) is 15.5 Å². The molecule has 0 aliphatic rings. The van der Waals surface area contributed by atoms with Crippen LogP contribution in [0.2, 0.25) is 0 Å². The van der Waals surface area contributed by atoms with Crippen LogP contribution in [0.5, 0.6) is 0 Å². The maximum absolute atomic E-state index is 11.2. The van der Waals surface area contributed by atoms with Gasteiger partial charge in [0.1, 0.15) is 5.01 Å². The number of hydrogen-bond acceptors (Lipinski definition) is 6. The summed E-state index contributed by atoms with van der Waals surface area (Å²) in [5, 5.41) is 23.8. The molecule has 7 heteroatoms. The minimum Gasteiger partial charge on any atom is -0.311 e. The molecule has 19 heavy (non-hydrogen) atoms. The highest BCUT2D eigenvalue weighted by atomic mass is 32.1. The van der Waals surface area contributed by atoms with Gasteiger partial charge in [0.15, 0.2) is 5.01 Å². The van der Waals surface area contributed by atoms with Gasteiger partial charge in [-0.1, -0.05) is 23.5 Å². The monoisotopic (exact) mass is 278 g/mol. The SMILES string of the molecule is CNC(C)c1nnc(-c2cccc(C)c2[N+](=O)[O-])s1. The number of nitro groups is 1. The van der Waals surface area contributed by atoms with E-state index in [0.29, 0.717) is 16.1 Å². The van der Waals surface area contributed by atoms with Crippen LogP contribution in [0, 0.1) is 17.0 Å². The first-order chi connectivity index (χ1) is 9.04. The molecule has 2 rings (SSSR count). The lowest BCUT2D eigenvalue weighted by molar-refractivity contribution is -0.384. The predicted octanol–water partition coefficient (Wildman–Crippen LogP) is 2.70. The fourth-order valence-corrected chi connectivity index (χ4v) is 2.65. The van der Waals surface area contributed by atoms with E-state index in [1.165, 1.54) is 11.3 Å². The Morgan fingerprint density at radius 2 is 2.16 bits per heavy atom. The van der Waals surface area contributed by atoms with Gasteiger partial charge in [0.25, 0.3) is 5.69 Å². The van der Waals surface area contributed by atoms with E-state index in [4.69, 9.17) is 0 Å². The maximum atomic E-state index is 11.2. The van der Waals surface area contributed by atoms with Gasteiger partial charge >= 0.3 is 0 Å². The summed E-state index contributed by atoms with van der Waals surface area (Å²) in [5.74, 6) is 0. The number of hydrogen-bond donors (Lipinski definition) is 1. The Balaban J connectivity index is 2.50. The number of rotatable bonds is 4. The summed E-state index contributed by atoms with van der Waals surface area (Å²) in [7, 11) is 1.83. The Morgan fingerprint density at radius 1 is 1.42 bits per heavy atom. The van der Waals surface area contributed by atoms with E-state index >= 15 is 0 Å². The highest BCUT2D eigenvalue weighted by Gasteiger charge is 2.21. The average Bonchev–Trinajstić information content (AvgIpc) is 2.86. The van der Waals surface area contributed by atoms with E-state index in [-0.39, 0.29) is 16.7 Å². The molecule has 100 valence electrons. The Hall–Kier alpha value is -1.86. The Kier molecular flexibility index (Phi) is 3.87. The predicted molar refractivity (Wildman–Crippen MR) is 74.2 cm³/mol. The second kappa shape index (κ2) is 5.41. The molecule has 0 saturated carbocycles. The molecule has 1 heterocycles. The summed E-state index contributed by atoms with van der Waals surface area (Å²) in [6.45, 7) is 3.69. The van der Waals surface area contributed by atoms with E-state index in [9.17, 15) is 10.1 Å². The zero-order valence-corrected chi connectivity index (χ0v) is 11.7. The second-order valence-electron chi connectivity index (χ2n) is 4.18.